The Hall–Kier alpha value is -4.28. The molecule has 5 amide bonds. The summed E-state index contributed by atoms with van der Waals surface area (Å²) in [5, 5.41) is 42.1. The van der Waals surface area contributed by atoms with Crippen LogP contribution >= 0.6 is 0 Å². The van der Waals surface area contributed by atoms with Gasteiger partial charge < -0.3 is 47.2 Å². The van der Waals surface area contributed by atoms with E-state index in [4.69, 9.17) is 10.2 Å². The van der Waals surface area contributed by atoms with E-state index in [1.807, 2.05) is 0 Å². The second-order valence-electron chi connectivity index (χ2n) is 10.4. The van der Waals surface area contributed by atoms with Gasteiger partial charge in [0.1, 0.15) is 24.2 Å². The molecule has 1 rings (SSSR count). The summed E-state index contributed by atoms with van der Waals surface area (Å²) in [6.45, 7) is 4.64. The fourth-order valence-corrected chi connectivity index (χ4v) is 4.14. The zero-order valence-corrected chi connectivity index (χ0v) is 24.4. The Labute approximate surface area is 248 Å². The molecule has 0 aliphatic carbocycles. The van der Waals surface area contributed by atoms with Crippen LogP contribution in [0.3, 0.4) is 0 Å². The van der Waals surface area contributed by atoms with Gasteiger partial charge in [0.15, 0.2) is 0 Å². The van der Waals surface area contributed by atoms with Gasteiger partial charge in [0.05, 0.1) is 12.6 Å². The lowest BCUT2D eigenvalue weighted by Gasteiger charge is -2.24. The van der Waals surface area contributed by atoms with Crippen LogP contribution in [0.15, 0.2) is 0 Å². The van der Waals surface area contributed by atoms with Crippen molar-refractivity contribution in [1.29, 1.82) is 0 Å². The lowest BCUT2D eigenvalue weighted by molar-refractivity contribution is -0.143. The van der Waals surface area contributed by atoms with Crippen LogP contribution in [0, 0.1) is 5.92 Å². The van der Waals surface area contributed by atoms with E-state index in [1.165, 1.54) is 6.92 Å². The van der Waals surface area contributed by atoms with Gasteiger partial charge in [-0.15, -0.1) is 0 Å². The van der Waals surface area contributed by atoms with Crippen LogP contribution in [0.2, 0.25) is 0 Å². The molecular weight excluding hydrogens is 572 g/mol. The molecule has 6 atom stereocenters. The van der Waals surface area contributed by atoms with Crippen molar-refractivity contribution < 1.29 is 53.7 Å². The number of hydrogen-bond donors (Lipinski definition) is 9. The molecule has 1 fully saturated rings. The molecule has 0 aromatic carbocycles. The number of nitrogens with one attached hydrogen (secondary N) is 6. The minimum atomic E-state index is -1.46. The van der Waals surface area contributed by atoms with Crippen LogP contribution in [0.4, 0.5) is 0 Å². The lowest BCUT2D eigenvalue weighted by Crippen LogP contribution is -2.57. The van der Waals surface area contributed by atoms with Crippen molar-refractivity contribution in [3.63, 3.8) is 0 Å². The largest absolute Gasteiger partial charge is 0.481 e. The van der Waals surface area contributed by atoms with Gasteiger partial charge in [-0.3, -0.25) is 33.6 Å². The van der Waals surface area contributed by atoms with Gasteiger partial charge in [-0.1, -0.05) is 20.3 Å². The molecule has 0 radical (unpaired) electrons. The lowest BCUT2D eigenvalue weighted by atomic mass is 9.99. The van der Waals surface area contributed by atoms with Crippen molar-refractivity contribution in [2.45, 2.75) is 95.9 Å². The van der Waals surface area contributed by atoms with Crippen molar-refractivity contribution in [2.75, 3.05) is 13.1 Å². The fraction of sp³-hybridized carbons (Fsp3) is 0.692. The molecule has 1 heterocycles. The maximum atomic E-state index is 13.0. The van der Waals surface area contributed by atoms with Crippen LogP contribution in [0.5, 0.6) is 0 Å². The summed E-state index contributed by atoms with van der Waals surface area (Å²) in [5.41, 5.74) is 0. The van der Waals surface area contributed by atoms with E-state index in [0.29, 0.717) is 19.4 Å². The molecule has 0 bridgehead atoms. The Morgan fingerprint density at radius 3 is 1.86 bits per heavy atom. The highest BCUT2D eigenvalue weighted by Gasteiger charge is 2.31. The van der Waals surface area contributed by atoms with Gasteiger partial charge in [-0.2, -0.15) is 0 Å². The number of carbonyl (C=O) groups excluding carboxylic acids is 5. The topological polar surface area (TPSA) is 269 Å². The highest BCUT2D eigenvalue weighted by atomic mass is 16.4. The summed E-state index contributed by atoms with van der Waals surface area (Å²) < 4.78 is 0. The van der Waals surface area contributed by atoms with Crippen LogP contribution in [0.1, 0.15) is 65.7 Å². The first-order valence-corrected chi connectivity index (χ1v) is 14.0. The smallest absolute Gasteiger partial charge is 0.326 e. The van der Waals surface area contributed by atoms with E-state index in [9.17, 15) is 43.5 Å². The number of carboxylic acid groups (broad SMARTS) is 3. The maximum absolute atomic E-state index is 13.0. The third-order valence-electron chi connectivity index (χ3n) is 6.91. The summed E-state index contributed by atoms with van der Waals surface area (Å²) in [7, 11) is 0. The highest BCUT2D eigenvalue weighted by Crippen LogP contribution is 2.09. The van der Waals surface area contributed by atoms with E-state index in [1.54, 1.807) is 13.8 Å². The maximum Gasteiger partial charge on any atom is 0.326 e. The van der Waals surface area contributed by atoms with E-state index in [0.717, 1.165) is 6.42 Å². The minimum absolute atomic E-state index is 0.297. The molecule has 0 saturated carbocycles. The Kier molecular flexibility index (Phi) is 15.6. The van der Waals surface area contributed by atoms with Gasteiger partial charge in [0, 0.05) is 12.8 Å². The molecule has 9 N–H and O–H groups in total. The van der Waals surface area contributed by atoms with Crippen molar-refractivity contribution in [1.82, 2.24) is 31.9 Å². The van der Waals surface area contributed by atoms with Crippen molar-refractivity contribution in [3.05, 3.63) is 0 Å². The van der Waals surface area contributed by atoms with Crippen molar-refractivity contribution >= 4 is 47.4 Å². The van der Waals surface area contributed by atoms with Gasteiger partial charge in [0.25, 0.3) is 0 Å². The Bertz CT molecular complexity index is 1050. The molecule has 0 aromatic heterocycles. The SMILES string of the molecule is CC[C@H](C)[C@H](NC(=O)[C@H](C)NC(=O)CNC(=O)[C@H](CCC(=O)O)NC(=O)[C@H](CCC(=O)O)NC(=O)[C@@H]1CCCN1)C(=O)O. The summed E-state index contributed by atoms with van der Waals surface area (Å²) >= 11 is 0. The van der Waals surface area contributed by atoms with Crippen molar-refractivity contribution in [2.24, 2.45) is 5.92 Å². The number of carboxylic acids is 3. The first-order chi connectivity index (χ1) is 20.2. The van der Waals surface area contributed by atoms with Gasteiger partial charge in [-0.25, -0.2) is 4.79 Å². The number of hydrogen-bond acceptors (Lipinski definition) is 9. The van der Waals surface area contributed by atoms with E-state index >= 15 is 0 Å². The number of carbonyl (C=O) groups is 8. The molecular formula is C26H42N6O11. The molecule has 17 heteroatoms. The third kappa shape index (κ3) is 13.5. The number of aliphatic carboxylic acids is 3. The van der Waals surface area contributed by atoms with Crippen LogP contribution < -0.4 is 31.9 Å². The predicted octanol–water partition coefficient (Wildman–Crippen LogP) is -2.33. The summed E-state index contributed by atoms with van der Waals surface area (Å²) in [6, 6.07) is -5.70. The van der Waals surface area contributed by atoms with E-state index in [-0.39, 0.29) is 18.8 Å². The molecule has 0 aromatic rings. The summed E-state index contributed by atoms with van der Waals surface area (Å²) in [4.78, 5) is 96.8. The van der Waals surface area contributed by atoms with Crippen LogP contribution in [-0.4, -0.2) is 106 Å². The second kappa shape index (κ2) is 18.3. The average Bonchev–Trinajstić information content (AvgIpc) is 3.49. The van der Waals surface area contributed by atoms with Gasteiger partial charge >= 0.3 is 17.9 Å². The second-order valence-corrected chi connectivity index (χ2v) is 10.4. The predicted molar refractivity (Wildman–Crippen MR) is 148 cm³/mol. The standard InChI is InChI=1S/C26H42N6O11/c1-4-13(2)21(26(42)43)32-22(38)14(3)29-18(33)12-28-23(39)16(7-9-19(34)35)30-25(41)17(8-10-20(36)37)31-24(40)15-6-5-11-27-15/h13-17,21,27H,4-12H2,1-3H3,(H,28,39)(H,29,33)(H,30,41)(H,31,40)(H,32,38)(H,34,35)(H,36,37)(H,42,43)/t13-,14-,15-,16-,17-,21-/m0/s1. The minimum Gasteiger partial charge on any atom is -0.481 e. The summed E-state index contributed by atoms with van der Waals surface area (Å²) in [6.07, 6.45) is 0.0364. The Morgan fingerprint density at radius 1 is 0.791 bits per heavy atom. The quantitative estimate of drug-likeness (QED) is 0.0742. The first kappa shape index (κ1) is 36.7. The van der Waals surface area contributed by atoms with E-state index in [2.05, 4.69) is 31.9 Å². The normalized spacial score (nSPS) is 17.7. The number of amides is 5. The zero-order chi connectivity index (χ0) is 32.7. The number of rotatable bonds is 19. The fourth-order valence-electron chi connectivity index (χ4n) is 4.14. The Balaban J connectivity index is 2.83. The van der Waals surface area contributed by atoms with Crippen LogP contribution in [0.25, 0.3) is 0 Å². The molecule has 1 saturated heterocycles. The molecule has 1 aliphatic rings. The highest BCUT2D eigenvalue weighted by molar-refractivity contribution is 5.95. The average molecular weight is 615 g/mol. The Morgan fingerprint density at radius 2 is 1.37 bits per heavy atom. The molecule has 0 spiro atoms. The first-order valence-electron chi connectivity index (χ1n) is 14.0. The van der Waals surface area contributed by atoms with Gasteiger partial charge in [0.2, 0.25) is 29.5 Å². The molecule has 1 aliphatic heterocycles. The monoisotopic (exact) mass is 614 g/mol. The van der Waals surface area contributed by atoms with Crippen LogP contribution in [-0.2, 0) is 38.4 Å². The van der Waals surface area contributed by atoms with Gasteiger partial charge in [-0.05, 0) is 45.1 Å². The molecule has 242 valence electrons. The molecule has 43 heavy (non-hydrogen) atoms. The summed E-state index contributed by atoms with van der Waals surface area (Å²) in [5.74, 6) is -8.08. The molecule has 0 unspecified atom stereocenters. The van der Waals surface area contributed by atoms with E-state index < -0.39 is 97.0 Å². The van der Waals surface area contributed by atoms with Crippen molar-refractivity contribution in [3.8, 4) is 0 Å². The zero-order valence-electron chi connectivity index (χ0n) is 24.4. The molecule has 17 nitrogen and oxygen atoms in total. The third-order valence-corrected chi connectivity index (χ3v) is 6.91.